The first-order valence-corrected chi connectivity index (χ1v) is 14.7. The number of benzene rings is 1. The van der Waals surface area contributed by atoms with Gasteiger partial charge >= 0.3 is 0 Å². The second-order valence-electron chi connectivity index (χ2n) is 12.2. The molecule has 1 unspecified atom stereocenters. The van der Waals surface area contributed by atoms with E-state index in [0.717, 1.165) is 24.8 Å². The lowest BCUT2D eigenvalue weighted by Crippen LogP contribution is -2.63. The van der Waals surface area contributed by atoms with Crippen LogP contribution in [0.3, 0.4) is 0 Å². The van der Waals surface area contributed by atoms with Crippen LogP contribution in [-0.4, -0.2) is 72.2 Å². The molecule has 3 saturated heterocycles. The number of rotatable bonds is 5. The Hall–Kier alpha value is -1.97. The summed E-state index contributed by atoms with van der Waals surface area (Å²) >= 11 is 0. The SMILES string of the molecule is Cc1ccc(S(=O)(=O)N2CCC(C(=O)N3CCCC3C(=O)NC3CC(C)(C)NC(C)(C)C3)CC2)cc1. The Bertz CT molecular complexity index is 1060. The van der Waals surface area contributed by atoms with Crippen molar-refractivity contribution in [2.45, 2.75) is 101 Å². The molecule has 36 heavy (non-hydrogen) atoms. The van der Waals surface area contributed by atoms with Crippen molar-refractivity contribution in [1.82, 2.24) is 19.8 Å². The van der Waals surface area contributed by atoms with Crippen LogP contribution < -0.4 is 10.6 Å². The van der Waals surface area contributed by atoms with Crippen LogP contribution in [-0.2, 0) is 19.6 Å². The summed E-state index contributed by atoms with van der Waals surface area (Å²) in [7, 11) is -3.57. The molecule has 0 aliphatic carbocycles. The minimum atomic E-state index is -3.57. The van der Waals surface area contributed by atoms with Crippen molar-refractivity contribution in [2.75, 3.05) is 19.6 Å². The van der Waals surface area contributed by atoms with Crippen LogP contribution in [0.5, 0.6) is 0 Å². The molecule has 1 aromatic rings. The average Bonchev–Trinajstić information content (AvgIpc) is 3.27. The summed E-state index contributed by atoms with van der Waals surface area (Å²) in [5.41, 5.74) is 0.866. The Balaban J connectivity index is 1.35. The lowest BCUT2D eigenvalue weighted by atomic mass is 9.79. The first-order valence-electron chi connectivity index (χ1n) is 13.2. The van der Waals surface area contributed by atoms with Crippen molar-refractivity contribution in [2.24, 2.45) is 5.92 Å². The van der Waals surface area contributed by atoms with Crippen LogP contribution in [0.4, 0.5) is 0 Å². The number of amides is 2. The largest absolute Gasteiger partial charge is 0.351 e. The third-order valence-corrected chi connectivity index (χ3v) is 9.75. The zero-order chi connectivity index (χ0) is 26.3. The van der Waals surface area contributed by atoms with Gasteiger partial charge in [0.15, 0.2) is 0 Å². The molecule has 1 aromatic carbocycles. The molecule has 9 heteroatoms. The van der Waals surface area contributed by atoms with E-state index < -0.39 is 16.1 Å². The fourth-order valence-corrected chi connectivity index (χ4v) is 7.93. The number of nitrogens with one attached hydrogen (secondary N) is 2. The second kappa shape index (κ2) is 10.1. The molecule has 2 amide bonds. The molecule has 3 aliphatic rings. The Morgan fingerprint density at radius 2 is 1.53 bits per heavy atom. The van der Waals surface area contributed by atoms with E-state index in [-0.39, 0.29) is 34.9 Å². The summed E-state index contributed by atoms with van der Waals surface area (Å²) < 4.78 is 27.5. The number of likely N-dealkylation sites (tertiary alicyclic amines) is 1. The van der Waals surface area contributed by atoms with E-state index >= 15 is 0 Å². The highest BCUT2D eigenvalue weighted by molar-refractivity contribution is 7.89. The van der Waals surface area contributed by atoms with Gasteiger partial charge in [0.2, 0.25) is 21.8 Å². The van der Waals surface area contributed by atoms with Gasteiger partial charge < -0.3 is 15.5 Å². The molecule has 2 N–H and O–H groups in total. The monoisotopic (exact) mass is 518 g/mol. The van der Waals surface area contributed by atoms with E-state index in [2.05, 4.69) is 38.3 Å². The molecule has 8 nitrogen and oxygen atoms in total. The highest BCUT2D eigenvalue weighted by Crippen LogP contribution is 2.31. The molecule has 3 aliphatic heterocycles. The number of carbonyl (C=O) groups excluding carboxylic acids is 2. The van der Waals surface area contributed by atoms with Crippen molar-refractivity contribution in [3.63, 3.8) is 0 Å². The normalized spacial score (nSPS) is 25.6. The standard InChI is InChI=1S/C27H42N4O4S/c1-19-8-10-22(11-9-19)36(34,35)30-15-12-20(13-16-30)25(33)31-14-6-7-23(31)24(32)28-21-17-26(2,3)29-27(4,5)18-21/h8-11,20-21,23,29H,6-7,12-18H2,1-5H3,(H,28,32). The number of piperidine rings is 2. The highest BCUT2D eigenvalue weighted by Gasteiger charge is 2.42. The number of carbonyl (C=O) groups is 2. The van der Waals surface area contributed by atoms with Crippen molar-refractivity contribution in [1.29, 1.82) is 0 Å². The Morgan fingerprint density at radius 3 is 2.11 bits per heavy atom. The smallest absolute Gasteiger partial charge is 0.243 e. The van der Waals surface area contributed by atoms with E-state index in [9.17, 15) is 18.0 Å². The topological polar surface area (TPSA) is 98.8 Å². The van der Waals surface area contributed by atoms with E-state index in [0.29, 0.717) is 43.8 Å². The lowest BCUT2D eigenvalue weighted by molar-refractivity contribution is -0.143. The Morgan fingerprint density at radius 1 is 0.944 bits per heavy atom. The van der Waals surface area contributed by atoms with Crippen molar-refractivity contribution in [3.8, 4) is 0 Å². The molecule has 1 atom stereocenters. The summed E-state index contributed by atoms with van der Waals surface area (Å²) in [4.78, 5) is 28.8. The lowest BCUT2D eigenvalue weighted by Gasteiger charge is -2.47. The van der Waals surface area contributed by atoms with Gasteiger partial charge in [0.05, 0.1) is 4.90 Å². The highest BCUT2D eigenvalue weighted by atomic mass is 32.2. The van der Waals surface area contributed by atoms with E-state index in [1.54, 1.807) is 29.2 Å². The quantitative estimate of drug-likeness (QED) is 0.625. The third kappa shape index (κ3) is 5.94. The molecule has 4 rings (SSSR count). The molecule has 0 saturated carbocycles. The van der Waals surface area contributed by atoms with Gasteiger partial charge in [0.25, 0.3) is 0 Å². The van der Waals surface area contributed by atoms with Crippen LogP contribution in [0.15, 0.2) is 29.2 Å². The van der Waals surface area contributed by atoms with Crippen LogP contribution in [0.2, 0.25) is 0 Å². The molecule has 3 fully saturated rings. The predicted octanol–water partition coefficient (Wildman–Crippen LogP) is 2.81. The zero-order valence-electron chi connectivity index (χ0n) is 22.3. The summed E-state index contributed by atoms with van der Waals surface area (Å²) in [6.45, 7) is 11.8. The van der Waals surface area contributed by atoms with E-state index in [1.165, 1.54) is 4.31 Å². The van der Waals surface area contributed by atoms with Gasteiger partial charge in [-0.2, -0.15) is 4.31 Å². The van der Waals surface area contributed by atoms with Gasteiger partial charge in [-0.15, -0.1) is 0 Å². The Labute approximate surface area is 216 Å². The first-order chi connectivity index (χ1) is 16.8. The maximum absolute atomic E-state index is 13.4. The molecule has 0 radical (unpaired) electrons. The fraction of sp³-hybridized carbons (Fsp3) is 0.704. The molecular formula is C27H42N4O4S. The summed E-state index contributed by atoms with van der Waals surface area (Å²) in [6.07, 6.45) is 4.13. The molecule has 0 aromatic heterocycles. The fourth-order valence-electron chi connectivity index (χ4n) is 6.46. The van der Waals surface area contributed by atoms with E-state index in [1.807, 2.05) is 6.92 Å². The third-order valence-electron chi connectivity index (χ3n) is 7.84. The summed E-state index contributed by atoms with van der Waals surface area (Å²) in [6, 6.07) is 6.51. The number of hydrogen-bond donors (Lipinski definition) is 2. The van der Waals surface area contributed by atoms with Gasteiger partial charge in [0.1, 0.15) is 6.04 Å². The van der Waals surface area contributed by atoms with Gasteiger partial charge in [-0.3, -0.25) is 9.59 Å². The molecular weight excluding hydrogens is 476 g/mol. The molecule has 200 valence electrons. The van der Waals surface area contributed by atoms with Crippen LogP contribution in [0.25, 0.3) is 0 Å². The first kappa shape index (κ1) is 27.1. The average molecular weight is 519 g/mol. The summed E-state index contributed by atoms with van der Waals surface area (Å²) in [5, 5.41) is 6.89. The van der Waals surface area contributed by atoms with Crippen LogP contribution in [0.1, 0.15) is 71.8 Å². The number of aryl methyl sites for hydroxylation is 1. The zero-order valence-corrected chi connectivity index (χ0v) is 23.2. The number of sulfonamides is 1. The molecule has 0 spiro atoms. The van der Waals surface area contributed by atoms with Gasteiger partial charge in [-0.1, -0.05) is 17.7 Å². The minimum absolute atomic E-state index is 0.00833. The van der Waals surface area contributed by atoms with Crippen molar-refractivity contribution in [3.05, 3.63) is 29.8 Å². The van der Waals surface area contributed by atoms with Crippen molar-refractivity contribution >= 4 is 21.8 Å². The number of nitrogens with zero attached hydrogens (tertiary/aromatic N) is 2. The van der Waals surface area contributed by atoms with Gasteiger partial charge in [-0.25, -0.2) is 8.42 Å². The van der Waals surface area contributed by atoms with Crippen molar-refractivity contribution < 1.29 is 18.0 Å². The summed E-state index contributed by atoms with van der Waals surface area (Å²) in [5.74, 6) is -0.315. The predicted molar refractivity (Wildman–Crippen MR) is 140 cm³/mol. The van der Waals surface area contributed by atoms with Gasteiger partial charge in [0, 0.05) is 42.7 Å². The molecule has 3 heterocycles. The Kier molecular flexibility index (Phi) is 7.57. The maximum Gasteiger partial charge on any atom is 0.243 e. The number of hydrogen-bond acceptors (Lipinski definition) is 5. The molecule has 0 bridgehead atoms. The van der Waals surface area contributed by atoms with Crippen LogP contribution >= 0.6 is 0 Å². The van der Waals surface area contributed by atoms with E-state index in [4.69, 9.17) is 0 Å². The maximum atomic E-state index is 13.4. The van der Waals surface area contributed by atoms with Gasteiger partial charge in [-0.05, 0) is 85.3 Å². The second-order valence-corrected chi connectivity index (χ2v) is 14.1. The minimum Gasteiger partial charge on any atom is -0.351 e. The van der Waals surface area contributed by atoms with Crippen LogP contribution in [0, 0.1) is 12.8 Å².